The summed E-state index contributed by atoms with van der Waals surface area (Å²) >= 11 is 12.8. The Hall–Kier alpha value is -2.49. The standard InChI is InChI=1S/C26H26Cl2N2O/c1-18-8-13-24(23(28)16-18)30-15-14-29(17-25(30)21-9-11-22(27)12-10-21)26(31)19(2)20-6-4-3-5-7-20/h3-13,16,19,25H,14-15,17H2,1-2H3/t19-,25+/m1/s1. The molecule has 1 fully saturated rings. The van der Waals surface area contributed by atoms with E-state index in [0.717, 1.165) is 27.4 Å². The van der Waals surface area contributed by atoms with E-state index in [1.54, 1.807) is 0 Å². The van der Waals surface area contributed by atoms with Crippen molar-refractivity contribution in [1.82, 2.24) is 4.90 Å². The van der Waals surface area contributed by atoms with Gasteiger partial charge in [0.15, 0.2) is 0 Å². The van der Waals surface area contributed by atoms with Crippen LogP contribution in [0.3, 0.4) is 0 Å². The molecule has 1 aliphatic rings. The molecular weight excluding hydrogens is 427 g/mol. The maximum Gasteiger partial charge on any atom is 0.229 e. The van der Waals surface area contributed by atoms with E-state index in [9.17, 15) is 4.79 Å². The fourth-order valence-electron chi connectivity index (χ4n) is 4.24. The van der Waals surface area contributed by atoms with Crippen LogP contribution in [0.2, 0.25) is 10.0 Å². The molecule has 160 valence electrons. The highest BCUT2D eigenvalue weighted by Crippen LogP contribution is 2.36. The molecule has 0 unspecified atom stereocenters. The normalized spacial score (nSPS) is 17.5. The molecule has 1 saturated heterocycles. The number of carbonyl (C=O) groups excluding carboxylic acids is 1. The number of aryl methyl sites for hydroxylation is 1. The summed E-state index contributed by atoms with van der Waals surface area (Å²) < 4.78 is 0. The minimum Gasteiger partial charge on any atom is -0.360 e. The van der Waals surface area contributed by atoms with Crippen LogP contribution in [-0.4, -0.2) is 30.4 Å². The number of anilines is 1. The number of nitrogens with zero attached hydrogens (tertiary/aromatic N) is 2. The lowest BCUT2D eigenvalue weighted by Crippen LogP contribution is -2.51. The van der Waals surface area contributed by atoms with Gasteiger partial charge in [-0.2, -0.15) is 0 Å². The fourth-order valence-corrected chi connectivity index (χ4v) is 4.71. The van der Waals surface area contributed by atoms with Crippen LogP contribution in [-0.2, 0) is 4.79 Å². The molecule has 3 aromatic rings. The number of piperazine rings is 1. The number of hydrogen-bond donors (Lipinski definition) is 0. The van der Waals surface area contributed by atoms with Gasteiger partial charge in [-0.25, -0.2) is 0 Å². The molecule has 31 heavy (non-hydrogen) atoms. The topological polar surface area (TPSA) is 23.6 Å². The van der Waals surface area contributed by atoms with Gasteiger partial charge in [0.05, 0.1) is 22.7 Å². The fraction of sp³-hybridized carbons (Fsp3) is 0.269. The number of halogens is 2. The van der Waals surface area contributed by atoms with E-state index in [-0.39, 0.29) is 17.9 Å². The monoisotopic (exact) mass is 452 g/mol. The van der Waals surface area contributed by atoms with Gasteiger partial charge in [0.1, 0.15) is 0 Å². The average Bonchev–Trinajstić information content (AvgIpc) is 2.79. The number of carbonyl (C=O) groups is 1. The van der Waals surface area contributed by atoms with Crippen molar-refractivity contribution < 1.29 is 4.79 Å². The Morgan fingerprint density at radius 2 is 1.68 bits per heavy atom. The summed E-state index contributed by atoms with van der Waals surface area (Å²) in [7, 11) is 0. The molecule has 3 aromatic carbocycles. The van der Waals surface area contributed by atoms with E-state index in [2.05, 4.69) is 17.0 Å². The first kappa shape index (κ1) is 21.7. The van der Waals surface area contributed by atoms with Crippen LogP contribution >= 0.6 is 23.2 Å². The molecule has 5 heteroatoms. The van der Waals surface area contributed by atoms with Gasteiger partial charge in [0, 0.05) is 24.7 Å². The summed E-state index contributed by atoms with van der Waals surface area (Å²) in [6.45, 7) is 5.99. The van der Waals surface area contributed by atoms with Gasteiger partial charge in [0.2, 0.25) is 5.91 Å². The van der Waals surface area contributed by atoms with Crippen molar-refractivity contribution in [3.8, 4) is 0 Å². The molecule has 1 heterocycles. The zero-order chi connectivity index (χ0) is 22.0. The van der Waals surface area contributed by atoms with E-state index >= 15 is 0 Å². The number of benzene rings is 3. The molecule has 0 aromatic heterocycles. The molecule has 0 bridgehead atoms. The maximum absolute atomic E-state index is 13.3. The molecule has 0 N–H and O–H groups in total. The molecule has 0 spiro atoms. The summed E-state index contributed by atoms with van der Waals surface area (Å²) in [5.74, 6) is -0.0265. The first-order valence-electron chi connectivity index (χ1n) is 10.6. The summed E-state index contributed by atoms with van der Waals surface area (Å²) in [4.78, 5) is 17.6. The predicted molar refractivity (Wildman–Crippen MR) is 129 cm³/mol. The Morgan fingerprint density at radius 1 is 0.968 bits per heavy atom. The van der Waals surface area contributed by atoms with Crippen molar-refractivity contribution in [3.05, 3.63) is 99.5 Å². The van der Waals surface area contributed by atoms with Gasteiger partial charge >= 0.3 is 0 Å². The molecule has 1 amide bonds. The number of hydrogen-bond acceptors (Lipinski definition) is 2. The van der Waals surface area contributed by atoms with Crippen LogP contribution in [0.25, 0.3) is 0 Å². The summed E-state index contributed by atoms with van der Waals surface area (Å²) in [5, 5.41) is 1.43. The molecule has 1 aliphatic heterocycles. The second kappa shape index (κ2) is 9.33. The second-order valence-corrected chi connectivity index (χ2v) is 8.98. The Balaban J connectivity index is 1.64. The van der Waals surface area contributed by atoms with E-state index in [1.165, 1.54) is 0 Å². The third kappa shape index (κ3) is 4.73. The molecule has 3 nitrogen and oxygen atoms in total. The minimum absolute atomic E-state index is 0.00172. The lowest BCUT2D eigenvalue weighted by Gasteiger charge is -2.44. The van der Waals surface area contributed by atoms with Gasteiger partial charge in [0.25, 0.3) is 0 Å². The van der Waals surface area contributed by atoms with Crippen molar-refractivity contribution in [2.24, 2.45) is 0 Å². The summed E-state index contributed by atoms with van der Waals surface area (Å²) in [5.41, 5.74) is 4.28. The van der Waals surface area contributed by atoms with Crippen molar-refractivity contribution >= 4 is 34.8 Å². The maximum atomic E-state index is 13.3. The summed E-state index contributed by atoms with van der Waals surface area (Å²) in [6, 6.07) is 24.0. The Kier molecular flexibility index (Phi) is 6.54. The van der Waals surface area contributed by atoms with Gasteiger partial charge in [-0.15, -0.1) is 0 Å². The van der Waals surface area contributed by atoms with Crippen LogP contribution < -0.4 is 4.90 Å². The minimum atomic E-state index is -0.179. The third-order valence-corrected chi connectivity index (χ3v) is 6.58. The predicted octanol–water partition coefficient (Wildman–Crippen LogP) is 6.50. The van der Waals surface area contributed by atoms with Crippen molar-refractivity contribution in [2.75, 3.05) is 24.5 Å². The van der Waals surface area contributed by atoms with E-state index < -0.39 is 0 Å². The highest BCUT2D eigenvalue weighted by Gasteiger charge is 2.33. The number of amides is 1. The molecule has 0 aliphatic carbocycles. The third-order valence-electron chi connectivity index (χ3n) is 6.03. The summed E-state index contributed by atoms with van der Waals surface area (Å²) in [6.07, 6.45) is 0. The Morgan fingerprint density at radius 3 is 2.35 bits per heavy atom. The molecule has 2 atom stereocenters. The van der Waals surface area contributed by atoms with Crippen LogP contribution in [0.1, 0.15) is 35.6 Å². The first-order valence-corrected chi connectivity index (χ1v) is 11.3. The zero-order valence-electron chi connectivity index (χ0n) is 17.8. The van der Waals surface area contributed by atoms with E-state index in [1.807, 2.05) is 79.4 Å². The molecule has 0 radical (unpaired) electrons. The largest absolute Gasteiger partial charge is 0.360 e. The lowest BCUT2D eigenvalue weighted by atomic mass is 9.97. The smallest absolute Gasteiger partial charge is 0.229 e. The lowest BCUT2D eigenvalue weighted by molar-refractivity contribution is -0.133. The van der Waals surface area contributed by atoms with Gasteiger partial charge in [-0.05, 0) is 54.8 Å². The van der Waals surface area contributed by atoms with Gasteiger partial charge in [-0.3, -0.25) is 4.79 Å². The molecule has 0 saturated carbocycles. The highest BCUT2D eigenvalue weighted by molar-refractivity contribution is 6.33. The molecular formula is C26H26Cl2N2O. The Bertz CT molecular complexity index is 1050. The van der Waals surface area contributed by atoms with E-state index in [4.69, 9.17) is 23.2 Å². The van der Waals surface area contributed by atoms with Crippen molar-refractivity contribution in [3.63, 3.8) is 0 Å². The quantitative estimate of drug-likeness (QED) is 0.451. The van der Waals surface area contributed by atoms with Crippen LogP contribution in [0.5, 0.6) is 0 Å². The van der Waals surface area contributed by atoms with Gasteiger partial charge < -0.3 is 9.80 Å². The first-order chi connectivity index (χ1) is 14.9. The Labute approximate surface area is 194 Å². The van der Waals surface area contributed by atoms with Crippen molar-refractivity contribution in [1.29, 1.82) is 0 Å². The SMILES string of the molecule is Cc1ccc(N2CCN(C(=O)[C@H](C)c3ccccc3)C[C@H]2c2ccc(Cl)cc2)c(Cl)c1. The van der Waals surface area contributed by atoms with Crippen LogP contribution in [0.15, 0.2) is 72.8 Å². The van der Waals surface area contributed by atoms with Gasteiger partial charge in [-0.1, -0.05) is 71.7 Å². The van der Waals surface area contributed by atoms with Crippen LogP contribution in [0, 0.1) is 6.92 Å². The van der Waals surface area contributed by atoms with E-state index in [0.29, 0.717) is 24.7 Å². The number of rotatable bonds is 4. The highest BCUT2D eigenvalue weighted by atomic mass is 35.5. The van der Waals surface area contributed by atoms with Crippen LogP contribution in [0.4, 0.5) is 5.69 Å². The molecule has 4 rings (SSSR count). The van der Waals surface area contributed by atoms with Crippen molar-refractivity contribution in [2.45, 2.75) is 25.8 Å². The average molecular weight is 453 g/mol. The second-order valence-electron chi connectivity index (χ2n) is 8.13. The zero-order valence-corrected chi connectivity index (χ0v) is 19.3.